The van der Waals surface area contributed by atoms with Gasteiger partial charge in [-0.3, -0.25) is 0 Å². The Morgan fingerprint density at radius 2 is 2.00 bits per heavy atom. The molecular formula is C19H28ClN3O. The van der Waals surface area contributed by atoms with E-state index in [1.165, 1.54) is 25.9 Å². The van der Waals surface area contributed by atoms with Crippen LogP contribution in [0.2, 0.25) is 5.02 Å². The number of rotatable bonds is 6. The Morgan fingerprint density at radius 1 is 1.33 bits per heavy atom. The topological polar surface area (TPSA) is 35.6 Å². The molecule has 1 aliphatic carbocycles. The maximum Gasteiger partial charge on any atom is 0.317 e. The van der Waals surface area contributed by atoms with Crippen molar-refractivity contribution in [2.45, 2.75) is 50.6 Å². The van der Waals surface area contributed by atoms with Gasteiger partial charge < -0.3 is 15.1 Å². The summed E-state index contributed by atoms with van der Waals surface area (Å²) in [4.78, 5) is 16.9. The van der Waals surface area contributed by atoms with Crippen molar-refractivity contribution in [3.05, 3.63) is 34.9 Å². The molecule has 2 aliphatic rings. The highest BCUT2D eigenvalue weighted by Crippen LogP contribution is 2.48. The van der Waals surface area contributed by atoms with Crippen molar-refractivity contribution in [1.82, 2.24) is 15.1 Å². The zero-order valence-corrected chi connectivity index (χ0v) is 15.5. The first-order valence-electron chi connectivity index (χ1n) is 9.04. The van der Waals surface area contributed by atoms with E-state index in [4.69, 9.17) is 11.6 Å². The molecule has 2 amide bonds. The molecule has 1 saturated carbocycles. The summed E-state index contributed by atoms with van der Waals surface area (Å²) < 4.78 is 0. The van der Waals surface area contributed by atoms with Crippen molar-refractivity contribution in [3.8, 4) is 0 Å². The molecule has 1 saturated heterocycles. The lowest BCUT2D eigenvalue weighted by molar-refractivity contribution is 0.190. The number of amides is 2. The number of nitrogens with zero attached hydrogens (tertiary/aromatic N) is 2. The van der Waals surface area contributed by atoms with Crippen molar-refractivity contribution in [3.63, 3.8) is 0 Å². The second-order valence-corrected chi connectivity index (χ2v) is 7.70. The number of nitrogens with one attached hydrogen (secondary N) is 1. The molecule has 1 aromatic carbocycles. The maximum atomic E-state index is 12.6. The zero-order valence-electron chi connectivity index (χ0n) is 14.7. The highest BCUT2D eigenvalue weighted by atomic mass is 35.5. The maximum absolute atomic E-state index is 12.6. The first-order valence-corrected chi connectivity index (χ1v) is 9.42. The van der Waals surface area contributed by atoms with Crippen LogP contribution in [-0.2, 0) is 5.54 Å². The standard InChI is InChI=1S/C19H28ClN3O/c1-15(23-12-5-6-13-23)9-14-22(2)18(24)21-19(10-11-19)16-7-3-4-8-17(16)20/h3-4,7-8,15H,5-6,9-14H2,1-2H3,(H,21,24). The highest BCUT2D eigenvalue weighted by Gasteiger charge is 2.47. The van der Waals surface area contributed by atoms with Gasteiger partial charge in [0, 0.05) is 24.7 Å². The smallest absolute Gasteiger partial charge is 0.317 e. The Labute approximate surface area is 150 Å². The predicted octanol–water partition coefficient (Wildman–Crippen LogP) is 3.84. The third-order valence-corrected chi connectivity index (χ3v) is 5.81. The van der Waals surface area contributed by atoms with Crippen LogP contribution in [0.4, 0.5) is 4.79 Å². The van der Waals surface area contributed by atoms with Gasteiger partial charge in [-0.2, -0.15) is 0 Å². The molecule has 5 heteroatoms. The van der Waals surface area contributed by atoms with Gasteiger partial charge in [-0.05, 0) is 63.7 Å². The average molecular weight is 350 g/mol. The van der Waals surface area contributed by atoms with E-state index in [9.17, 15) is 4.79 Å². The van der Waals surface area contributed by atoms with Gasteiger partial charge in [0.2, 0.25) is 0 Å². The predicted molar refractivity (Wildman–Crippen MR) is 98.4 cm³/mol. The minimum atomic E-state index is -0.260. The van der Waals surface area contributed by atoms with Gasteiger partial charge in [-0.15, -0.1) is 0 Å². The lowest BCUT2D eigenvalue weighted by Gasteiger charge is -2.28. The van der Waals surface area contributed by atoms with Crippen LogP contribution in [-0.4, -0.2) is 48.6 Å². The summed E-state index contributed by atoms with van der Waals surface area (Å²) in [7, 11) is 1.88. The fourth-order valence-electron chi connectivity index (χ4n) is 3.58. The molecule has 1 aromatic rings. The lowest BCUT2D eigenvalue weighted by atomic mass is 10.1. The summed E-state index contributed by atoms with van der Waals surface area (Å²) in [5, 5.41) is 3.94. The number of benzene rings is 1. The fourth-order valence-corrected chi connectivity index (χ4v) is 3.90. The largest absolute Gasteiger partial charge is 0.328 e. The van der Waals surface area contributed by atoms with Gasteiger partial charge in [-0.25, -0.2) is 4.79 Å². The third kappa shape index (κ3) is 3.86. The number of carbonyl (C=O) groups is 1. The number of halogens is 1. The summed E-state index contributed by atoms with van der Waals surface area (Å²) in [6.45, 7) is 5.45. The van der Waals surface area contributed by atoms with E-state index in [0.717, 1.165) is 36.4 Å². The number of hydrogen-bond donors (Lipinski definition) is 1. The van der Waals surface area contributed by atoms with Gasteiger partial charge >= 0.3 is 6.03 Å². The molecule has 1 atom stereocenters. The van der Waals surface area contributed by atoms with Crippen LogP contribution in [0.5, 0.6) is 0 Å². The minimum Gasteiger partial charge on any atom is -0.328 e. The zero-order chi connectivity index (χ0) is 17.2. The molecule has 0 bridgehead atoms. The SMILES string of the molecule is CC(CCN(C)C(=O)NC1(c2ccccc2Cl)CC1)N1CCCC1. The quantitative estimate of drug-likeness (QED) is 0.846. The number of hydrogen-bond acceptors (Lipinski definition) is 2. The van der Waals surface area contributed by atoms with E-state index in [1.54, 1.807) is 0 Å². The van der Waals surface area contributed by atoms with Crippen molar-refractivity contribution >= 4 is 17.6 Å². The molecule has 1 heterocycles. The van der Waals surface area contributed by atoms with Gasteiger partial charge in [0.15, 0.2) is 0 Å². The Bertz CT molecular complexity index is 582. The monoisotopic (exact) mass is 349 g/mol. The average Bonchev–Trinajstić information content (AvgIpc) is 3.13. The molecule has 0 aromatic heterocycles. The van der Waals surface area contributed by atoms with Crippen LogP contribution in [0.25, 0.3) is 0 Å². The number of likely N-dealkylation sites (tertiary alicyclic amines) is 1. The molecule has 4 nitrogen and oxygen atoms in total. The van der Waals surface area contributed by atoms with Crippen LogP contribution in [0.3, 0.4) is 0 Å². The van der Waals surface area contributed by atoms with E-state index in [2.05, 4.69) is 17.1 Å². The summed E-state index contributed by atoms with van der Waals surface area (Å²) in [5.74, 6) is 0. The van der Waals surface area contributed by atoms with Crippen LogP contribution >= 0.6 is 11.6 Å². The Morgan fingerprint density at radius 3 is 2.62 bits per heavy atom. The van der Waals surface area contributed by atoms with E-state index >= 15 is 0 Å². The molecule has 24 heavy (non-hydrogen) atoms. The Hall–Kier alpha value is -1.26. The lowest BCUT2D eigenvalue weighted by Crippen LogP contribution is -2.44. The third-order valence-electron chi connectivity index (χ3n) is 5.48. The van der Waals surface area contributed by atoms with Crippen LogP contribution < -0.4 is 5.32 Å². The van der Waals surface area contributed by atoms with Crippen LogP contribution in [0, 0.1) is 0 Å². The second kappa shape index (κ2) is 7.32. The van der Waals surface area contributed by atoms with Crippen molar-refractivity contribution in [2.24, 2.45) is 0 Å². The summed E-state index contributed by atoms with van der Waals surface area (Å²) in [6, 6.07) is 8.36. The molecule has 1 unspecified atom stereocenters. The fraction of sp³-hybridized carbons (Fsp3) is 0.632. The minimum absolute atomic E-state index is 0.000965. The van der Waals surface area contributed by atoms with Gasteiger partial charge in [-0.1, -0.05) is 29.8 Å². The first kappa shape index (κ1) is 17.6. The number of urea groups is 1. The first-order chi connectivity index (χ1) is 11.5. The normalized spacial score (nSPS) is 20.6. The molecule has 1 aliphatic heterocycles. The van der Waals surface area contributed by atoms with E-state index in [1.807, 2.05) is 36.2 Å². The van der Waals surface area contributed by atoms with Crippen LogP contribution in [0.1, 0.15) is 44.6 Å². The van der Waals surface area contributed by atoms with E-state index in [-0.39, 0.29) is 11.6 Å². The molecule has 0 radical (unpaired) electrons. The van der Waals surface area contributed by atoms with E-state index < -0.39 is 0 Å². The van der Waals surface area contributed by atoms with Gasteiger partial charge in [0.25, 0.3) is 0 Å². The number of carbonyl (C=O) groups excluding carboxylic acids is 1. The molecule has 0 spiro atoms. The molecule has 132 valence electrons. The van der Waals surface area contributed by atoms with Gasteiger partial charge in [0.05, 0.1) is 5.54 Å². The summed E-state index contributed by atoms with van der Waals surface area (Å²) in [6.07, 6.45) is 5.55. The summed E-state index contributed by atoms with van der Waals surface area (Å²) >= 11 is 6.32. The Kier molecular flexibility index (Phi) is 5.36. The molecular weight excluding hydrogens is 322 g/mol. The summed E-state index contributed by atoms with van der Waals surface area (Å²) in [5.41, 5.74) is 0.781. The van der Waals surface area contributed by atoms with Gasteiger partial charge in [0.1, 0.15) is 0 Å². The van der Waals surface area contributed by atoms with Crippen molar-refractivity contribution in [1.29, 1.82) is 0 Å². The highest BCUT2D eigenvalue weighted by molar-refractivity contribution is 6.31. The van der Waals surface area contributed by atoms with Crippen molar-refractivity contribution < 1.29 is 4.79 Å². The second-order valence-electron chi connectivity index (χ2n) is 7.29. The molecule has 3 rings (SSSR count). The molecule has 2 fully saturated rings. The van der Waals surface area contributed by atoms with Crippen molar-refractivity contribution in [2.75, 3.05) is 26.7 Å². The molecule has 1 N–H and O–H groups in total. The van der Waals surface area contributed by atoms with Crippen LogP contribution in [0.15, 0.2) is 24.3 Å². The Balaban J connectivity index is 1.52. The van der Waals surface area contributed by atoms with E-state index in [0.29, 0.717) is 6.04 Å².